The van der Waals surface area contributed by atoms with Gasteiger partial charge in [0.15, 0.2) is 0 Å². The van der Waals surface area contributed by atoms with E-state index in [1.165, 1.54) is 0 Å². The molecule has 1 rings (SSSR count). The molecule has 0 heterocycles. The number of carbonyl (C=O) groups excluding carboxylic acids is 2. The first-order chi connectivity index (χ1) is 11.6. The summed E-state index contributed by atoms with van der Waals surface area (Å²) in [5.41, 5.74) is 0.630. The van der Waals surface area contributed by atoms with Crippen molar-refractivity contribution in [3.05, 3.63) is 29.8 Å². The number of carboxylic acids is 1. The first-order valence-electron chi connectivity index (χ1n) is 7.78. The molecule has 3 N–H and O–H groups in total. The molecule has 0 fully saturated rings. The van der Waals surface area contributed by atoms with Crippen LogP contribution < -0.4 is 10.6 Å². The van der Waals surface area contributed by atoms with Crippen LogP contribution in [0.2, 0.25) is 0 Å². The van der Waals surface area contributed by atoms with E-state index in [0.717, 1.165) is 0 Å². The number of ether oxygens (including phenoxy) is 1. The van der Waals surface area contributed by atoms with Crippen LogP contribution in [-0.4, -0.2) is 40.0 Å². The number of halogens is 1. The number of hydrogen-bond donors (Lipinski definition) is 3. The van der Waals surface area contributed by atoms with E-state index in [1.54, 1.807) is 45.0 Å². The highest BCUT2D eigenvalue weighted by Gasteiger charge is 2.24. The van der Waals surface area contributed by atoms with E-state index in [2.05, 4.69) is 26.6 Å². The molecule has 1 atom stereocenters. The summed E-state index contributed by atoms with van der Waals surface area (Å²) in [5, 5.41) is 14.9. The van der Waals surface area contributed by atoms with Gasteiger partial charge >= 0.3 is 12.1 Å². The molecular formula is C17H23BrN2O5. The summed E-state index contributed by atoms with van der Waals surface area (Å²) in [4.78, 5) is 34.6. The third kappa shape index (κ3) is 8.53. The maximum absolute atomic E-state index is 11.8. The number of aliphatic carboxylic acids is 1. The highest BCUT2D eigenvalue weighted by molar-refractivity contribution is 9.09. The number of nitrogens with one attached hydrogen (secondary N) is 2. The first-order valence-corrected chi connectivity index (χ1v) is 8.90. The molecule has 25 heavy (non-hydrogen) atoms. The minimum Gasteiger partial charge on any atom is -0.480 e. The van der Waals surface area contributed by atoms with E-state index in [-0.39, 0.29) is 12.3 Å². The third-order valence-electron chi connectivity index (χ3n) is 2.99. The van der Waals surface area contributed by atoms with E-state index in [1.807, 2.05) is 0 Å². The quantitative estimate of drug-likeness (QED) is 0.594. The van der Waals surface area contributed by atoms with E-state index in [0.29, 0.717) is 23.0 Å². The topological polar surface area (TPSA) is 105 Å². The van der Waals surface area contributed by atoms with Gasteiger partial charge < -0.3 is 20.5 Å². The molecule has 0 bridgehead atoms. The minimum atomic E-state index is -1.15. The van der Waals surface area contributed by atoms with Gasteiger partial charge in [-0.25, -0.2) is 9.59 Å². The highest BCUT2D eigenvalue weighted by atomic mass is 79.9. The van der Waals surface area contributed by atoms with E-state index in [4.69, 9.17) is 4.74 Å². The summed E-state index contributed by atoms with van der Waals surface area (Å²) in [6.07, 6.45) is -0.314. The van der Waals surface area contributed by atoms with Gasteiger partial charge in [0.05, 0.1) is 0 Å². The second-order valence-corrected chi connectivity index (χ2v) is 7.22. The number of carboxylic acid groups (broad SMARTS) is 1. The summed E-state index contributed by atoms with van der Waals surface area (Å²) in [5.74, 6) is -1.26. The Kier molecular flexibility index (Phi) is 7.89. The molecule has 0 radical (unpaired) electrons. The molecule has 0 aliphatic heterocycles. The number of rotatable bonds is 7. The Balaban J connectivity index is 2.68. The SMILES string of the molecule is CC(C)(C)OC(=O)N[C@@H](Cc1ccc(NC(=O)CCBr)cc1)C(=O)O. The van der Waals surface area contributed by atoms with Gasteiger partial charge in [0, 0.05) is 23.9 Å². The van der Waals surface area contributed by atoms with Gasteiger partial charge in [-0.05, 0) is 38.5 Å². The summed E-state index contributed by atoms with van der Waals surface area (Å²) in [6, 6.07) is 5.68. The molecule has 1 aromatic carbocycles. The van der Waals surface area contributed by atoms with Crippen molar-refractivity contribution in [3.63, 3.8) is 0 Å². The molecule has 0 aliphatic carbocycles. The van der Waals surface area contributed by atoms with Crippen LogP contribution in [-0.2, 0) is 20.7 Å². The van der Waals surface area contributed by atoms with E-state index < -0.39 is 23.7 Å². The third-order valence-corrected chi connectivity index (χ3v) is 3.38. The van der Waals surface area contributed by atoms with Crippen molar-refractivity contribution in [3.8, 4) is 0 Å². The number of benzene rings is 1. The lowest BCUT2D eigenvalue weighted by atomic mass is 10.1. The Morgan fingerprint density at radius 3 is 2.28 bits per heavy atom. The van der Waals surface area contributed by atoms with E-state index in [9.17, 15) is 19.5 Å². The summed E-state index contributed by atoms with van der Waals surface area (Å²) in [7, 11) is 0. The Morgan fingerprint density at radius 1 is 1.20 bits per heavy atom. The van der Waals surface area contributed by atoms with Crippen molar-refractivity contribution in [1.29, 1.82) is 0 Å². The summed E-state index contributed by atoms with van der Waals surface area (Å²) < 4.78 is 5.08. The fourth-order valence-electron chi connectivity index (χ4n) is 1.92. The van der Waals surface area contributed by atoms with Gasteiger partial charge in [-0.15, -0.1) is 0 Å². The molecule has 0 unspecified atom stereocenters. The molecule has 0 spiro atoms. The molecule has 0 saturated heterocycles. The number of hydrogen-bond acceptors (Lipinski definition) is 4. The molecule has 0 saturated carbocycles. The number of carbonyl (C=O) groups is 3. The Labute approximate surface area is 155 Å². The van der Waals surface area contributed by atoms with Crippen LogP contribution in [0.1, 0.15) is 32.8 Å². The van der Waals surface area contributed by atoms with Crippen LogP contribution in [0.3, 0.4) is 0 Å². The Bertz CT molecular complexity index is 610. The molecule has 0 aromatic heterocycles. The van der Waals surface area contributed by atoms with Crippen molar-refractivity contribution >= 4 is 39.6 Å². The zero-order chi connectivity index (χ0) is 19.0. The van der Waals surface area contributed by atoms with Gasteiger partial charge in [0.1, 0.15) is 11.6 Å². The van der Waals surface area contributed by atoms with Crippen LogP contribution in [0.5, 0.6) is 0 Å². The predicted molar refractivity (Wildman–Crippen MR) is 98.0 cm³/mol. The summed E-state index contributed by atoms with van der Waals surface area (Å²) >= 11 is 3.19. The van der Waals surface area contributed by atoms with Gasteiger partial charge in [-0.2, -0.15) is 0 Å². The average Bonchev–Trinajstić information content (AvgIpc) is 2.46. The van der Waals surface area contributed by atoms with Crippen molar-refractivity contribution < 1.29 is 24.2 Å². The van der Waals surface area contributed by atoms with Crippen LogP contribution in [0.15, 0.2) is 24.3 Å². The average molecular weight is 415 g/mol. The lowest BCUT2D eigenvalue weighted by molar-refractivity contribution is -0.139. The van der Waals surface area contributed by atoms with Crippen LogP contribution >= 0.6 is 15.9 Å². The number of alkyl halides is 1. The number of amides is 2. The van der Waals surface area contributed by atoms with Gasteiger partial charge in [-0.1, -0.05) is 28.1 Å². The molecule has 8 heteroatoms. The largest absolute Gasteiger partial charge is 0.480 e. The van der Waals surface area contributed by atoms with Crippen molar-refractivity contribution in [1.82, 2.24) is 5.32 Å². The zero-order valence-electron chi connectivity index (χ0n) is 14.5. The maximum Gasteiger partial charge on any atom is 0.408 e. The van der Waals surface area contributed by atoms with Crippen molar-refractivity contribution in [2.24, 2.45) is 0 Å². The molecule has 2 amide bonds. The molecule has 0 aliphatic rings. The molecular weight excluding hydrogens is 392 g/mol. The lowest BCUT2D eigenvalue weighted by Gasteiger charge is -2.22. The van der Waals surface area contributed by atoms with Crippen molar-refractivity contribution in [2.45, 2.75) is 45.3 Å². The normalized spacial score (nSPS) is 12.2. The second kappa shape index (κ2) is 9.41. The number of anilines is 1. The Hall–Kier alpha value is -2.09. The van der Waals surface area contributed by atoms with Gasteiger partial charge in [-0.3, -0.25) is 4.79 Å². The molecule has 1 aromatic rings. The van der Waals surface area contributed by atoms with E-state index >= 15 is 0 Å². The monoisotopic (exact) mass is 414 g/mol. The van der Waals surface area contributed by atoms with Crippen LogP contribution in [0.4, 0.5) is 10.5 Å². The Morgan fingerprint density at radius 2 is 1.80 bits per heavy atom. The smallest absolute Gasteiger partial charge is 0.408 e. The van der Waals surface area contributed by atoms with Crippen molar-refractivity contribution in [2.75, 3.05) is 10.6 Å². The maximum atomic E-state index is 11.8. The molecule has 138 valence electrons. The standard InChI is InChI=1S/C17H23BrN2O5/c1-17(2,3)25-16(24)20-13(15(22)23)10-11-4-6-12(7-5-11)19-14(21)8-9-18/h4-7,13H,8-10H2,1-3H3,(H,19,21)(H,20,24)(H,22,23)/t13-/m0/s1. The zero-order valence-corrected chi connectivity index (χ0v) is 16.1. The highest BCUT2D eigenvalue weighted by Crippen LogP contribution is 2.13. The number of alkyl carbamates (subject to hydrolysis) is 1. The second-order valence-electron chi connectivity index (χ2n) is 6.43. The fourth-order valence-corrected chi connectivity index (χ4v) is 2.28. The first kappa shape index (κ1) is 21.0. The van der Waals surface area contributed by atoms with Crippen LogP contribution in [0.25, 0.3) is 0 Å². The van der Waals surface area contributed by atoms with Gasteiger partial charge in [0.25, 0.3) is 0 Å². The fraction of sp³-hybridized carbons (Fsp3) is 0.471. The van der Waals surface area contributed by atoms with Gasteiger partial charge in [0.2, 0.25) is 5.91 Å². The summed E-state index contributed by atoms with van der Waals surface area (Å²) in [6.45, 7) is 5.10. The predicted octanol–water partition coefficient (Wildman–Crippen LogP) is 2.93. The molecule has 7 nitrogen and oxygen atoms in total. The lowest BCUT2D eigenvalue weighted by Crippen LogP contribution is -2.44. The van der Waals surface area contributed by atoms with Crippen LogP contribution in [0, 0.1) is 0 Å². The minimum absolute atomic E-state index is 0.101.